The maximum Gasteiger partial charge on any atom is 0.191 e. The fraction of sp³-hybridized carbons (Fsp3) is 0.444. The topological polar surface area (TPSA) is 63.5 Å². The van der Waals surface area contributed by atoms with E-state index >= 15 is 0 Å². The van der Waals surface area contributed by atoms with Gasteiger partial charge in [0.15, 0.2) is 5.96 Å². The first-order chi connectivity index (χ1) is 12.1. The normalized spacial score (nSPS) is 19.9. The van der Waals surface area contributed by atoms with Crippen molar-refractivity contribution in [3.05, 3.63) is 48.3 Å². The summed E-state index contributed by atoms with van der Waals surface area (Å²) >= 11 is 0. The van der Waals surface area contributed by atoms with Crippen LogP contribution in [-0.2, 0) is 11.3 Å². The molecule has 1 aliphatic rings. The van der Waals surface area contributed by atoms with Crippen LogP contribution in [0.25, 0.3) is 5.69 Å². The van der Waals surface area contributed by atoms with Gasteiger partial charge in [-0.25, -0.2) is 9.37 Å². The SMILES string of the molecule is CN=C(NCc1ccc(-n2ccnc2)c(F)c1)NCC1(C)CCCO1.I. The molecule has 0 saturated carbocycles. The molecule has 1 unspecified atom stereocenters. The molecule has 8 heteroatoms. The minimum atomic E-state index is -0.285. The maximum absolute atomic E-state index is 14.3. The number of nitrogens with one attached hydrogen (secondary N) is 2. The van der Waals surface area contributed by atoms with Gasteiger partial charge >= 0.3 is 0 Å². The summed E-state index contributed by atoms with van der Waals surface area (Å²) in [4.78, 5) is 8.15. The molecule has 0 aliphatic carbocycles. The second kappa shape index (κ2) is 9.31. The summed E-state index contributed by atoms with van der Waals surface area (Å²) in [6.45, 7) is 4.09. The first kappa shape index (κ1) is 20.6. The number of ether oxygens (including phenoxy) is 1. The highest BCUT2D eigenvalue weighted by Crippen LogP contribution is 2.23. The van der Waals surface area contributed by atoms with E-state index in [9.17, 15) is 4.39 Å². The van der Waals surface area contributed by atoms with E-state index in [1.165, 1.54) is 6.07 Å². The first-order valence-electron chi connectivity index (χ1n) is 8.45. The fourth-order valence-electron chi connectivity index (χ4n) is 2.92. The Kier molecular flexibility index (Phi) is 7.39. The highest BCUT2D eigenvalue weighted by molar-refractivity contribution is 14.0. The smallest absolute Gasteiger partial charge is 0.191 e. The first-order valence-corrected chi connectivity index (χ1v) is 8.45. The molecule has 2 aromatic rings. The molecule has 2 N–H and O–H groups in total. The van der Waals surface area contributed by atoms with Gasteiger partial charge in [0.05, 0.1) is 17.6 Å². The van der Waals surface area contributed by atoms with E-state index in [2.05, 4.69) is 27.5 Å². The molecule has 6 nitrogen and oxygen atoms in total. The second-order valence-electron chi connectivity index (χ2n) is 6.44. The number of halogens is 2. The third-order valence-electron chi connectivity index (χ3n) is 4.41. The van der Waals surface area contributed by atoms with Crippen LogP contribution in [0.3, 0.4) is 0 Å². The lowest BCUT2D eigenvalue weighted by molar-refractivity contribution is 0.0243. The lowest BCUT2D eigenvalue weighted by Crippen LogP contribution is -2.45. The largest absolute Gasteiger partial charge is 0.373 e. The van der Waals surface area contributed by atoms with E-state index in [-0.39, 0.29) is 35.4 Å². The van der Waals surface area contributed by atoms with E-state index in [4.69, 9.17) is 4.74 Å². The van der Waals surface area contributed by atoms with Gasteiger partial charge < -0.3 is 19.9 Å². The molecule has 1 aromatic carbocycles. The van der Waals surface area contributed by atoms with Crippen LogP contribution in [0.1, 0.15) is 25.3 Å². The molecule has 0 amide bonds. The van der Waals surface area contributed by atoms with Crippen LogP contribution in [0, 0.1) is 5.82 Å². The summed E-state index contributed by atoms with van der Waals surface area (Å²) in [6, 6.07) is 5.16. The number of aliphatic imine (C=N–C) groups is 1. The van der Waals surface area contributed by atoms with Gasteiger partial charge in [-0.3, -0.25) is 4.99 Å². The van der Waals surface area contributed by atoms with Crippen molar-refractivity contribution in [3.63, 3.8) is 0 Å². The Morgan fingerprint density at radius 3 is 2.88 bits per heavy atom. The van der Waals surface area contributed by atoms with Crippen molar-refractivity contribution in [1.82, 2.24) is 20.2 Å². The van der Waals surface area contributed by atoms with Gasteiger partial charge in [0.2, 0.25) is 0 Å². The van der Waals surface area contributed by atoms with Gasteiger partial charge in [-0.1, -0.05) is 6.07 Å². The molecule has 1 aliphatic heterocycles. The Balaban J connectivity index is 0.00000243. The average Bonchev–Trinajstić information content (AvgIpc) is 3.27. The molecule has 1 saturated heterocycles. The fourth-order valence-corrected chi connectivity index (χ4v) is 2.92. The van der Waals surface area contributed by atoms with Gasteiger partial charge in [-0.05, 0) is 37.5 Å². The maximum atomic E-state index is 14.3. The molecular weight excluding hydrogens is 448 g/mol. The summed E-state index contributed by atoms with van der Waals surface area (Å²) in [5.74, 6) is 0.392. The molecule has 3 rings (SSSR count). The molecule has 0 bridgehead atoms. The number of imidazole rings is 1. The Hall–Kier alpha value is -1.68. The van der Waals surface area contributed by atoms with Gasteiger partial charge in [-0.2, -0.15) is 0 Å². The quantitative estimate of drug-likeness (QED) is 0.399. The zero-order chi connectivity index (χ0) is 17.7. The van der Waals surface area contributed by atoms with Crippen LogP contribution in [0.5, 0.6) is 0 Å². The second-order valence-corrected chi connectivity index (χ2v) is 6.44. The number of benzene rings is 1. The number of hydrogen-bond acceptors (Lipinski definition) is 3. The molecule has 0 radical (unpaired) electrons. The minimum Gasteiger partial charge on any atom is -0.373 e. The molecule has 1 atom stereocenters. The van der Waals surface area contributed by atoms with E-state index in [0.717, 1.165) is 25.0 Å². The van der Waals surface area contributed by atoms with Crippen molar-refractivity contribution in [1.29, 1.82) is 0 Å². The van der Waals surface area contributed by atoms with Crippen molar-refractivity contribution in [3.8, 4) is 5.69 Å². The van der Waals surface area contributed by atoms with Crippen LogP contribution in [-0.4, -0.2) is 41.3 Å². The molecule has 0 spiro atoms. The van der Waals surface area contributed by atoms with Gasteiger partial charge in [0.1, 0.15) is 5.82 Å². The molecule has 1 fully saturated rings. The van der Waals surface area contributed by atoms with E-state index in [1.54, 1.807) is 36.4 Å². The number of nitrogens with zero attached hydrogens (tertiary/aromatic N) is 3. The van der Waals surface area contributed by atoms with Crippen LogP contribution in [0.15, 0.2) is 41.9 Å². The van der Waals surface area contributed by atoms with Crippen molar-refractivity contribution in [2.45, 2.75) is 31.9 Å². The number of guanidine groups is 1. The number of rotatable bonds is 5. The lowest BCUT2D eigenvalue weighted by atomic mass is 10.0. The molecule has 2 heterocycles. The monoisotopic (exact) mass is 473 g/mol. The van der Waals surface area contributed by atoms with Crippen LogP contribution in [0.4, 0.5) is 4.39 Å². The highest BCUT2D eigenvalue weighted by atomic mass is 127. The summed E-state index contributed by atoms with van der Waals surface area (Å²) in [7, 11) is 1.72. The predicted octanol–water partition coefficient (Wildman–Crippen LogP) is 2.86. The Morgan fingerprint density at radius 1 is 1.42 bits per heavy atom. The third kappa shape index (κ3) is 5.16. The van der Waals surface area contributed by atoms with Crippen molar-refractivity contribution in [2.24, 2.45) is 4.99 Å². The summed E-state index contributed by atoms with van der Waals surface area (Å²) < 4.78 is 21.7. The molecule has 1 aromatic heterocycles. The Morgan fingerprint density at radius 2 is 2.27 bits per heavy atom. The summed E-state index contributed by atoms with van der Waals surface area (Å²) in [5.41, 5.74) is 1.18. The van der Waals surface area contributed by atoms with Gasteiger partial charge in [0, 0.05) is 39.1 Å². The van der Waals surface area contributed by atoms with Crippen molar-refractivity contribution in [2.75, 3.05) is 20.2 Å². The number of hydrogen-bond donors (Lipinski definition) is 2. The van der Waals surface area contributed by atoms with Gasteiger partial charge in [0.25, 0.3) is 0 Å². The van der Waals surface area contributed by atoms with Crippen LogP contribution >= 0.6 is 24.0 Å². The molecule has 142 valence electrons. The highest BCUT2D eigenvalue weighted by Gasteiger charge is 2.29. The molecule has 26 heavy (non-hydrogen) atoms. The Bertz CT molecular complexity index is 729. The molecular formula is C18H25FIN5O. The number of aromatic nitrogens is 2. The predicted molar refractivity (Wildman–Crippen MR) is 111 cm³/mol. The van der Waals surface area contributed by atoms with Crippen molar-refractivity contribution >= 4 is 29.9 Å². The Labute approximate surface area is 170 Å². The zero-order valence-electron chi connectivity index (χ0n) is 15.0. The van der Waals surface area contributed by atoms with Crippen molar-refractivity contribution < 1.29 is 9.13 Å². The van der Waals surface area contributed by atoms with Crippen LogP contribution < -0.4 is 10.6 Å². The summed E-state index contributed by atoms with van der Waals surface area (Å²) in [5, 5.41) is 6.48. The third-order valence-corrected chi connectivity index (χ3v) is 4.41. The summed E-state index contributed by atoms with van der Waals surface area (Å²) in [6.07, 6.45) is 7.05. The van der Waals surface area contributed by atoms with E-state index < -0.39 is 0 Å². The minimum absolute atomic E-state index is 0. The average molecular weight is 473 g/mol. The zero-order valence-corrected chi connectivity index (χ0v) is 17.4. The standard InChI is InChI=1S/C18H24FN5O.HI/c1-18(6-3-9-25-18)12-23-17(20-2)22-11-14-4-5-16(15(19)10-14)24-8-7-21-13-24;/h4-5,7-8,10,13H,3,6,9,11-12H2,1-2H3,(H2,20,22,23);1H. The van der Waals surface area contributed by atoms with E-state index in [1.807, 2.05) is 6.07 Å². The van der Waals surface area contributed by atoms with Crippen LogP contribution in [0.2, 0.25) is 0 Å². The van der Waals surface area contributed by atoms with Gasteiger partial charge in [-0.15, -0.1) is 24.0 Å². The lowest BCUT2D eigenvalue weighted by Gasteiger charge is -2.24. The van der Waals surface area contributed by atoms with E-state index in [0.29, 0.717) is 24.7 Å².